The summed E-state index contributed by atoms with van der Waals surface area (Å²) in [4.78, 5) is 23.5. The molecule has 122 valence electrons. The minimum Gasteiger partial charge on any atom is -0.466 e. The van der Waals surface area contributed by atoms with Crippen LogP contribution in [-0.4, -0.2) is 18.9 Å². The van der Waals surface area contributed by atoms with E-state index in [2.05, 4.69) is 10.6 Å². The number of furan rings is 1. The molecule has 2 amide bonds. The molecule has 0 aliphatic carbocycles. The zero-order valence-electron chi connectivity index (χ0n) is 13.3. The third-order valence-corrected chi connectivity index (χ3v) is 3.49. The highest BCUT2D eigenvalue weighted by Crippen LogP contribution is 2.19. The molecule has 2 rings (SSSR count). The fourth-order valence-corrected chi connectivity index (χ4v) is 2.27. The van der Waals surface area contributed by atoms with Gasteiger partial charge in [-0.1, -0.05) is 0 Å². The summed E-state index contributed by atoms with van der Waals surface area (Å²) in [6, 6.07) is 5.96. The third-order valence-electron chi connectivity index (χ3n) is 3.49. The lowest BCUT2D eigenvalue weighted by Crippen LogP contribution is -2.18. The van der Waals surface area contributed by atoms with E-state index in [-0.39, 0.29) is 24.7 Å². The van der Waals surface area contributed by atoms with E-state index in [0.29, 0.717) is 28.3 Å². The van der Waals surface area contributed by atoms with Crippen molar-refractivity contribution in [1.29, 1.82) is 0 Å². The third kappa shape index (κ3) is 4.18. The number of carbonyl (C=O) groups is 2. The highest BCUT2D eigenvalue weighted by molar-refractivity contribution is 6.05. The summed E-state index contributed by atoms with van der Waals surface area (Å²) in [5, 5.41) is 5.21. The normalized spacial score (nSPS) is 10.4. The minimum atomic E-state index is -0.401. The second-order valence-corrected chi connectivity index (χ2v) is 5.26. The number of rotatable bonds is 5. The molecule has 5 nitrogen and oxygen atoms in total. The van der Waals surface area contributed by atoms with Gasteiger partial charge < -0.3 is 15.1 Å². The van der Waals surface area contributed by atoms with Crippen molar-refractivity contribution in [1.82, 2.24) is 5.32 Å². The molecule has 0 unspecified atom stereocenters. The second-order valence-electron chi connectivity index (χ2n) is 5.26. The first-order valence-corrected chi connectivity index (χ1v) is 7.28. The number of nitrogens with one attached hydrogen (secondary N) is 2. The molecule has 23 heavy (non-hydrogen) atoms. The molecule has 1 heterocycles. The van der Waals surface area contributed by atoms with Crippen molar-refractivity contribution in [2.75, 3.05) is 12.4 Å². The van der Waals surface area contributed by atoms with Gasteiger partial charge >= 0.3 is 0 Å². The van der Waals surface area contributed by atoms with Crippen molar-refractivity contribution < 1.29 is 18.4 Å². The smallest absolute Gasteiger partial charge is 0.259 e. The average molecular weight is 318 g/mol. The Morgan fingerprint density at radius 3 is 2.57 bits per heavy atom. The molecule has 2 aromatic rings. The van der Waals surface area contributed by atoms with Crippen molar-refractivity contribution in [3.63, 3.8) is 0 Å². The Morgan fingerprint density at radius 1 is 1.22 bits per heavy atom. The molecule has 0 bridgehead atoms. The molecule has 0 fully saturated rings. The van der Waals surface area contributed by atoms with Crippen molar-refractivity contribution in [3.05, 3.63) is 52.7 Å². The van der Waals surface area contributed by atoms with Gasteiger partial charge in [-0.25, -0.2) is 4.39 Å². The standard InChI is InChI=1S/C17H19FN2O3/c1-10-8-14(11(2)23-10)17(22)20-13-5-6-15(18)12(9-13)4-7-16(21)19-3/h5-6,8-9H,4,7H2,1-3H3,(H,19,21)(H,20,22). The Balaban J connectivity index is 2.12. The van der Waals surface area contributed by atoms with Crippen molar-refractivity contribution >= 4 is 17.5 Å². The Kier molecular flexibility index (Phi) is 5.16. The number of carbonyl (C=O) groups excluding carboxylic acids is 2. The average Bonchev–Trinajstić information content (AvgIpc) is 2.86. The van der Waals surface area contributed by atoms with Gasteiger partial charge in [-0.05, 0) is 50.1 Å². The van der Waals surface area contributed by atoms with Gasteiger partial charge in [0, 0.05) is 19.2 Å². The summed E-state index contributed by atoms with van der Waals surface area (Å²) in [5.41, 5.74) is 1.30. The van der Waals surface area contributed by atoms with E-state index >= 15 is 0 Å². The fourth-order valence-electron chi connectivity index (χ4n) is 2.27. The predicted octanol–water partition coefficient (Wildman–Crippen LogP) is 2.97. The second kappa shape index (κ2) is 7.09. The first kappa shape index (κ1) is 16.7. The van der Waals surface area contributed by atoms with Crippen molar-refractivity contribution in [3.8, 4) is 0 Å². The number of aryl methyl sites for hydroxylation is 3. The van der Waals surface area contributed by atoms with E-state index in [1.165, 1.54) is 19.2 Å². The Hall–Kier alpha value is -2.63. The number of halogens is 1. The van der Waals surface area contributed by atoms with Gasteiger partial charge in [0.15, 0.2) is 0 Å². The molecule has 0 aliphatic rings. The quantitative estimate of drug-likeness (QED) is 0.890. The fraction of sp³-hybridized carbons (Fsp3) is 0.294. The largest absolute Gasteiger partial charge is 0.466 e. The van der Waals surface area contributed by atoms with Gasteiger partial charge in [-0.15, -0.1) is 0 Å². The first-order valence-electron chi connectivity index (χ1n) is 7.28. The maximum Gasteiger partial charge on any atom is 0.259 e. The van der Waals surface area contributed by atoms with Crippen LogP contribution >= 0.6 is 0 Å². The molecular weight excluding hydrogens is 299 g/mol. The van der Waals surface area contributed by atoms with Crippen LogP contribution in [-0.2, 0) is 11.2 Å². The lowest BCUT2D eigenvalue weighted by atomic mass is 10.1. The van der Waals surface area contributed by atoms with Crippen LogP contribution in [0.15, 0.2) is 28.7 Å². The molecule has 2 N–H and O–H groups in total. The van der Waals surface area contributed by atoms with Gasteiger partial charge in [0.25, 0.3) is 5.91 Å². The monoisotopic (exact) mass is 318 g/mol. The molecule has 0 saturated carbocycles. The lowest BCUT2D eigenvalue weighted by Gasteiger charge is -2.08. The van der Waals surface area contributed by atoms with Gasteiger partial charge in [0.1, 0.15) is 17.3 Å². The summed E-state index contributed by atoms with van der Waals surface area (Å²) in [6.45, 7) is 3.47. The maximum absolute atomic E-state index is 13.8. The molecule has 0 spiro atoms. The van der Waals surface area contributed by atoms with E-state index in [9.17, 15) is 14.0 Å². The Bertz CT molecular complexity index is 737. The number of hydrogen-bond acceptors (Lipinski definition) is 3. The molecule has 1 aromatic carbocycles. The number of hydrogen-bond donors (Lipinski definition) is 2. The molecule has 1 aromatic heterocycles. The lowest BCUT2D eigenvalue weighted by molar-refractivity contribution is -0.120. The van der Waals surface area contributed by atoms with Crippen LogP contribution in [0.4, 0.5) is 10.1 Å². The van der Waals surface area contributed by atoms with Crippen LogP contribution in [0.1, 0.15) is 33.9 Å². The van der Waals surface area contributed by atoms with E-state index in [0.717, 1.165) is 0 Å². The molecular formula is C17H19FN2O3. The highest BCUT2D eigenvalue weighted by Gasteiger charge is 2.14. The van der Waals surface area contributed by atoms with E-state index in [4.69, 9.17) is 4.42 Å². The van der Waals surface area contributed by atoms with E-state index < -0.39 is 5.82 Å². The predicted molar refractivity (Wildman–Crippen MR) is 84.9 cm³/mol. The number of benzene rings is 1. The molecule has 0 radical (unpaired) electrons. The summed E-state index contributed by atoms with van der Waals surface area (Å²) < 4.78 is 19.1. The SMILES string of the molecule is CNC(=O)CCc1cc(NC(=O)c2cc(C)oc2C)ccc1F. The van der Waals surface area contributed by atoms with Gasteiger partial charge in [0.05, 0.1) is 5.56 Å². The molecule has 0 atom stereocenters. The van der Waals surface area contributed by atoms with E-state index in [1.54, 1.807) is 26.0 Å². The Labute approximate surface area is 133 Å². The maximum atomic E-state index is 13.8. The van der Waals surface area contributed by atoms with Crippen LogP contribution in [0.5, 0.6) is 0 Å². The van der Waals surface area contributed by atoms with E-state index in [1.807, 2.05) is 0 Å². The highest BCUT2D eigenvalue weighted by atomic mass is 19.1. The van der Waals surface area contributed by atoms with Crippen molar-refractivity contribution in [2.45, 2.75) is 26.7 Å². The van der Waals surface area contributed by atoms with Gasteiger partial charge in [-0.2, -0.15) is 0 Å². The van der Waals surface area contributed by atoms with Gasteiger partial charge in [-0.3, -0.25) is 9.59 Å². The van der Waals surface area contributed by atoms with Crippen molar-refractivity contribution in [2.24, 2.45) is 0 Å². The Morgan fingerprint density at radius 2 is 1.96 bits per heavy atom. The first-order chi connectivity index (χ1) is 10.9. The van der Waals surface area contributed by atoms with Crippen LogP contribution in [0.2, 0.25) is 0 Å². The van der Waals surface area contributed by atoms with Gasteiger partial charge in [0.2, 0.25) is 5.91 Å². The summed E-state index contributed by atoms with van der Waals surface area (Å²) in [5.74, 6) is 0.300. The topological polar surface area (TPSA) is 71.3 Å². The van der Waals surface area contributed by atoms with Crippen LogP contribution in [0.25, 0.3) is 0 Å². The van der Waals surface area contributed by atoms with Crippen LogP contribution in [0.3, 0.4) is 0 Å². The summed E-state index contributed by atoms with van der Waals surface area (Å²) >= 11 is 0. The molecule has 0 aliphatic heterocycles. The molecule has 6 heteroatoms. The van der Waals surface area contributed by atoms with Crippen LogP contribution in [0, 0.1) is 19.7 Å². The van der Waals surface area contributed by atoms with Crippen LogP contribution < -0.4 is 10.6 Å². The summed E-state index contributed by atoms with van der Waals surface area (Å²) in [7, 11) is 1.53. The zero-order valence-corrected chi connectivity index (χ0v) is 13.3. The minimum absolute atomic E-state index is 0.164. The number of anilines is 1. The molecule has 0 saturated heterocycles. The summed E-state index contributed by atoms with van der Waals surface area (Å²) in [6.07, 6.45) is 0.448. The zero-order chi connectivity index (χ0) is 17.0. The number of amides is 2.